The number of hydrogen-bond acceptors (Lipinski definition) is 2. The van der Waals surface area contributed by atoms with E-state index in [1.54, 1.807) is 0 Å². The minimum atomic E-state index is 0.464. The van der Waals surface area contributed by atoms with E-state index in [-0.39, 0.29) is 0 Å². The van der Waals surface area contributed by atoms with Gasteiger partial charge in [-0.3, -0.25) is 0 Å². The third kappa shape index (κ3) is 8.45. The van der Waals surface area contributed by atoms with Gasteiger partial charge in [0.15, 0.2) is 0 Å². The molecule has 12 aromatic rings. The van der Waals surface area contributed by atoms with E-state index < -0.39 is 0 Å². The fraction of sp³-hybridized carbons (Fsp3) is 0.0685. The van der Waals surface area contributed by atoms with Crippen molar-refractivity contribution in [3.8, 4) is 33.6 Å². The number of fused-ring (bicyclic) bond motifs is 6. The summed E-state index contributed by atoms with van der Waals surface area (Å²) in [4.78, 5) is 4.88. The summed E-state index contributed by atoms with van der Waals surface area (Å²) in [5.74, 6) is 0.464. The summed E-state index contributed by atoms with van der Waals surface area (Å²) < 4.78 is 4.83. The largest absolute Gasteiger partial charge is 0.314 e. The van der Waals surface area contributed by atoms with Crippen LogP contribution in [0.1, 0.15) is 36.6 Å². The van der Waals surface area contributed by atoms with Crippen LogP contribution in [-0.4, -0.2) is 9.13 Å². The van der Waals surface area contributed by atoms with Crippen molar-refractivity contribution in [3.05, 3.63) is 296 Å². The minimum absolute atomic E-state index is 0.464. The van der Waals surface area contributed by atoms with Crippen LogP contribution in [0, 0.1) is 5.92 Å². The van der Waals surface area contributed by atoms with Gasteiger partial charge >= 0.3 is 0 Å². The molecule has 0 amide bonds. The molecule has 2 aromatic heterocycles. The average molecular weight is 989 g/mol. The highest BCUT2D eigenvalue weighted by Gasteiger charge is 2.25. The monoisotopic (exact) mass is 988 g/mol. The molecule has 10 aromatic carbocycles. The lowest BCUT2D eigenvalue weighted by atomic mass is 9.93. The number of benzene rings is 10. The van der Waals surface area contributed by atoms with Gasteiger partial charge in [-0.15, -0.1) is 0 Å². The zero-order chi connectivity index (χ0) is 51.2. The summed E-state index contributed by atoms with van der Waals surface area (Å²) >= 11 is 0. The summed E-state index contributed by atoms with van der Waals surface area (Å²) in [5, 5.41) is 3.77. The van der Waals surface area contributed by atoms with Crippen LogP contribution in [-0.2, 0) is 6.42 Å². The van der Waals surface area contributed by atoms with Crippen molar-refractivity contribution in [3.63, 3.8) is 0 Å². The fourth-order valence-electron chi connectivity index (χ4n) is 12.0. The van der Waals surface area contributed by atoms with Crippen molar-refractivity contribution in [2.75, 3.05) is 9.80 Å². The molecule has 0 bridgehead atoms. The van der Waals surface area contributed by atoms with E-state index in [4.69, 9.17) is 0 Å². The third-order valence-corrected chi connectivity index (χ3v) is 15.8. The molecule has 0 aliphatic heterocycles. The Labute approximate surface area is 450 Å². The first-order valence-corrected chi connectivity index (χ1v) is 27.0. The summed E-state index contributed by atoms with van der Waals surface area (Å²) in [7, 11) is 0. The van der Waals surface area contributed by atoms with Gasteiger partial charge in [0.2, 0.25) is 0 Å². The molecule has 14 rings (SSSR count). The van der Waals surface area contributed by atoms with Crippen LogP contribution in [0.15, 0.2) is 279 Å². The third-order valence-electron chi connectivity index (χ3n) is 15.8. The predicted octanol–water partition coefficient (Wildman–Crippen LogP) is 19.6. The summed E-state index contributed by atoms with van der Waals surface area (Å²) in [6.45, 7) is 2.32. The van der Waals surface area contributed by atoms with E-state index in [0.29, 0.717) is 5.92 Å². The molecular formula is C73H56N4. The molecule has 1 atom stereocenters. The summed E-state index contributed by atoms with van der Waals surface area (Å²) in [6, 6.07) is 93.1. The molecule has 0 N–H and O–H groups in total. The smallest absolute Gasteiger partial charge is 0.0542 e. The number of nitrogens with zero attached hydrogens (tertiary/aromatic N) is 4. The van der Waals surface area contributed by atoms with Crippen LogP contribution in [0.25, 0.3) is 78.0 Å². The Balaban J connectivity index is 0.839. The second kappa shape index (κ2) is 19.6. The summed E-state index contributed by atoms with van der Waals surface area (Å²) in [6.07, 6.45) is 12.2. The molecule has 0 spiro atoms. The number of allylic oxidation sites excluding steroid dienone is 5. The Kier molecular flexibility index (Phi) is 11.7. The molecule has 4 heteroatoms. The Hall–Kier alpha value is -9.64. The van der Waals surface area contributed by atoms with Crippen molar-refractivity contribution < 1.29 is 0 Å². The molecular weight excluding hydrogens is 933 g/mol. The van der Waals surface area contributed by atoms with Gasteiger partial charge < -0.3 is 18.9 Å². The molecule has 1 unspecified atom stereocenters. The lowest BCUT2D eigenvalue weighted by molar-refractivity contribution is 0.718. The molecule has 2 aliphatic carbocycles. The maximum Gasteiger partial charge on any atom is 0.0542 e. The molecule has 2 aliphatic rings. The molecule has 368 valence electrons. The van der Waals surface area contributed by atoms with Crippen molar-refractivity contribution in [2.24, 2.45) is 5.92 Å². The highest BCUT2D eigenvalue weighted by molar-refractivity contribution is 6.10. The van der Waals surface area contributed by atoms with Crippen molar-refractivity contribution >= 4 is 72.8 Å². The Bertz CT molecular complexity index is 4200. The van der Waals surface area contributed by atoms with Crippen molar-refractivity contribution in [1.29, 1.82) is 0 Å². The van der Waals surface area contributed by atoms with E-state index in [0.717, 1.165) is 53.4 Å². The zero-order valence-corrected chi connectivity index (χ0v) is 43.0. The van der Waals surface area contributed by atoms with Crippen LogP contribution in [0.3, 0.4) is 0 Å². The quantitative estimate of drug-likeness (QED) is 0.128. The Morgan fingerprint density at radius 3 is 1.40 bits per heavy atom. The Morgan fingerprint density at radius 2 is 0.818 bits per heavy atom. The van der Waals surface area contributed by atoms with Crippen molar-refractivity contribution in [2.45, 2.75) is 26.2 Å². The molecule has 0 saturated carbocycles. The molecule has 77 heavy (non-hydrogen) atoms. The predicted molar refractivity (Wildman–Crippen MR) is 325 cm³/mol. The highest BCUT2D eigenvalue weighted by Crippen LogP contribution is 2.44. The maximum atomic E-state index is 2.47. The maximum absolute atomic E-state index is 2.47. The van der Waals surface area contributed by atoms with E-state index >= 15 is 0 Å². The van der Waals surface area contributed by atoms with E-state index in [2.05, 4.69) is 305 Å². The lowest BCUT2D eigenvalue weighted by Crippen LogP contribution is -2.18. The van der Waals surface area contributed by atoms with Gasteiger partial charge in [-0.05, 0) is 179 Å². The van der Waals surface area contributed by atoms with Gasteiger partial charge in [-0.1, -0.05) is 171 Å². The zero-order valence-electron chi connectivity index (χ0n) is 43.0. The summed E-state index contributed by atoms with van der Waals surface area (Å²) in [5.41, 5.74) is 22.9. The van der Waals surface area contributed by atoms with Gasteiger partial charge in [0, 0.05) is 67.4 Å². The number of aromatic nitrogens is 2. The van der Waals surface area contributed by atoms with Gasteiger partial charge in [-0.2, -0.15) is 0 Å². The molecule has 2 heterocycles. The second-order valence-corrected chi connectivity index (χ2v) is 20.6. The first-order valence-electron chi connectivity index (χ1n) is 27.0. The Morgan fingerprint density at radius 1 is 0.364 bits per heavy atom. The standard InChI is InChI=1S/C73H56N4/c1-51-26-45-71-67(48-51)69-50-65(44-47-73(69)77(71)59-22-12-5-13-23-59)75(61-37-29-55(30-38-61)53-18-8-3-9-19-53)63-41-33-57(34-42-63)56-31-39-62(40-32-56)74(60-35-27-54(28-36-60)52-16-6-2-7-17-52)64-43-46-72-68(49-64)66-24-14-15-25-70(66)76(72)58-20-10-4-11-21-58/h2-27,29-35,37-47,49-51H,28,36,48H2,1H3. The van der Waals surface area contributed by atoms with E-state index in [1.807, 2.05) is 0 Å². The van der Waals surface area contributed by atoms with E-state index in [9.17, 15) is 0 Å². The van der Waals surface area contributed by atoms with E-state index in [1.165, 1.54) is 88.7 Å². The van der Waals surface area contributed by atoms with Crippen LogP contribution in [0.2, 0.25) is 0 Å². The average Bonchev–Trinajstić information content (AvgIpc) is 4.12. The molecule has 0 saturated heterocycles. The minimum Gasteiger partial charge on any atom is -0.314 e. The number of para-hydroxylation sites is 3. The second-order valence-electron chi connectivity index (χ2n) is 20.6. The van der Waals surface area contributed by atoms with Gasteiger partial charge in [0.05, 0.1) is 16.6 Å². The molecule has 0 fully saturated rings. The van der Waals surface area contributed by atoms with Crippen LogP contribution >= 0.6 is 0 Å². The number of rotatable bonds is 11. The molecule has 4 nitrogen and oxygen atoms in total. The highest BCUT2D eigenvalue weighted by atomic mass is 15.2. The first kappa shape index (κ1) is 45.9. The molecule has 0 radical (unpaired) electrons. The number of anilines is 5. The van der Waals surface area contributed by atoms with Crippen LogP contribution < -0.4 is 9.80 Å². The normalized spacial score (nSPS) is 14.1. The van der Waals surface area contributed by atoms with Gasteiger partial charge in [-0.25, -0.2) is 0 Å². The SMILES string of the molecule is CC1C=Cc2c(c3cc(N(c4ccc(-c5ccccc5)cc4)c4ccc(-c5ccc(N(C6=CC=C(c7ccccc7)CC6)c6ccc7c(c6)c6ccccc6n7-c6ccccc6)cc5)cc4)ccc3n2-c2ccccc2)C1. The van der Waals surface area contributed by atoms with Crippen LogP contribution in [0.4, 0.5) is 28.4 Å². The van der Waals surface area contributed by atoms with Gasteiger partial charge in [0.25, 0.3) is 0 Å². The fourth-order valence-corrected chi connectivity index (χ4v) is 12.0. The number of hydrogen-bond donors (Lipinski definition) is 0. The topological polar surface area (TPSA) is 16.3 Å². The van der Waals surface area contributed by atoms with Crippen LogP contribution in [0.5, 0.6) is 0 Å². The van der Waals surface area contributed by atoms with Gasteiger partial charge in [0.1, 0.15) is 0 Å². The first-order chi connectivity index (χ1) is 38.1. The van der Waals surface area contributed by atoms with Crippen molar-refractivity contribution in [1.82, 2.24) is 9.13 Å². The lowest BCUT2D eigenvalue weighted by Gasteiger charge is -2.30.